The van der Waals surface area contributed by atoms with E-state index in [0.717, 1.165) is 20.4 Å². The van der Waals surface area contributed by atoms with Crippen LogP contribution in [0.5, 0.6) is 0 Å². The monoisotopic (exact) mass is 309 g/mol. The van der Waals surface area contributed by atoms with Crippen molar-refractivity contribution in [3.8, 4) is 0 Å². The molecule has 0 bridgehead atoms. The van der Waals surface area contributed by atoms with Crippen LogP contribution in [0.4, 0.5) is 0 Å². The minimum Gasteiger partial charge on any atom is -0.260 e. The van der Waals surface area contributed by atoms with Gasteiger partial charge in [-0.25, -0.2) is 0 Å². The van der Waals surface area contributed by atoms with E-state index in [2.05, 4.69) is 43.4 Å². The first kappa shape index (κ1) is 16.3. The van der Waals surface area contributed by atoms with Crippen molar-refractivity contribution in [1.82, 2.24) is 4.72 Å². The quantitative estimate of drug-likeness (QED) is 0.601. The van der Waals surface area contributed by atoms with Gasteiger partial charge in [0.1, 0.15) is 0 Å². The van der Waals surface area contributed by atoms with Gasteiger partial charge in [-0.05, 0) is 60.7 Å². The Morgan fingerprint density at radius 1 is 1.25 bits per heavy atom. The number of hydrogen-bond donors (Lipinski definition) is 1. The maximum atomic E-state index is 3.66. The number of benzene rings is 1. The first-order chi connectivity index (χ1) is 9.74. The minimum atomic E-state index is 0.877. The van der Waals surface area contributed by atoms with Crippen molar-refractivity contribution in [2.24, 2.45) is 11.8 Å². The van der Waals surface area contributed by atoms with Crippen molar-refractivity contribution in [3.05, 3.63) is 23.8 Å². The zero-order valence-electron chi connectivity index (χ0n) is 13.0. The largest absolute Gasteiger partial charge is 0.260 e. The van der Waals surface area contributed by atoms with Gasteiger partial charge in [-0.3, -0.25) is 4.72 Å². The molecule has 0 aliphatic heterocycles. The van der Waals surface area contributed by atoms with Gasteiger partial charge in [0, 0.05) is 11.4 Å². The maximum absolute atomic E-state index is 3.66. The fourth-order valence-corrected chi connectivity index (χ4v) is 5.14. The van der Waals surface area contributed by atoms with Gasteiger partial charge < -0.3 is 0 Å². The second-order valence-electron chi connectivity index (χ2n) is 5.91. The van der Waals surface area contributed by atoms with Gasteiger partial charge in [-0.2, -0.15) is 0 Å². The summed E-state index contributed by atoms with van der Waals surface area (Å²) < 4.78 is 3.66. The van der Waals surface area contributed by atoms with Crippen LogP contribution in [0.25, 0.3) is 0 Å². The van der Waals surface area contributed by atoms with Crippen molar-refractivity contribution in [2.45, 2.75) is 50.8 Å². The van der Waals surface area contributed by atoms with Crippen molar-refractivity contribution in [3.63, 3.8) is 0 Å². The number of nitrogens with one attached hydrogen (secondary N) is 1. The number of aryl methyl sites for hydroxylation is 1. The van der Waals surface area contributed by atoms with Crippen LogP contribution < -0.4 is 10.0 Å². The Balaban J connectivity index is 1.87. The molecule has 2 rings (SSSR count). The van der Waals surface area contributed by atoms with Crippen molar-refractivity contribution < 1.29 is 0 Å². The van der Waals surface area contributed by atoms with Gasteiger partial charge in [-0.1, -0.05) is 53.3 Å². The lowest BCUT2D eigenvalue weighted by Crippen LogP contribution is -2.27. The van der Waals surface area contributed by atoms with Crippen LogP contribution in [-0.4, -0.2) is 13.2 Å². The lowest BCUT2D eigenvalue weighted by atomic mass is 9.78. The van der Waals surface area contributed by atoms with Gasteiger partial charge >= 0.3 is 0 Å². The second-order valence-corrected chi connectivity index (χ2v) is 7.88. The van der Waals surface area contributed by atoms with E-state index in [-0.39, 0.29) is 0 Å². The standard InChI is InChI=1S/C17H28NPS/c1-4-14-7-5-6-8-15(14)12-18-20-17-11-13(2)9-10-16(17)19-3/h9-11,14-15,18-19H,4-8,12H2,1-3H3. The lowest BCUT2D eigenvalue weighted by Gasteiger charge is -2.30. The van der Waals surface area contributed by atoms with E-state index in [9.17, 15) is 0 Å². The Morgan fingerprint density at radius 3 is 2.70 bits per heavy atom. The molecule has 0 spiro atoms. The molecular formula is C17H28NPS. The van der Waals surface area contributed by atoms with E-state index in [1.165, 1.54) is 54.4 Å². The zero-order chi connectivity index (χ0) is 14.4. The summed E-state index contributed by atoms with van der Waals surface area (Å²) in [6, 6.07) is 6.83. The Kier molecular flexibility index (Phi) is 6.87. The highest BCUT2D eigenvalue weighted by molar-refractivity contribution is 7.97. The molecular weight excluding hydrogens is 281 g/mol. The van der Waals surface area contributed by atoms with Crippen LogP contribution in [0.15, 0.2) is 23.1 Å². The molecule has 1 nitrogen and oxygen atoms in total. The molecule has 0 aromatic heterocycles. The molecule has 1 fully saturated rings. The molecule has 0 radical (unpaired) electrons. The molecule has 0 amide bonds. The highest BCUT2D eigenvalue weighted by atomic mass is 32.2. The molecule has 1 N–H and O–H groups in total. The summed E-state index contributed by atoms with van der Waals surface area (Å²) in [5.41, 5.74) is 1.36. The Hall–Kier alpha value is -0.0400. The van der Waals surface area contributed by atoms with Gasteiger partial charge in [0.25, 0.3) is 0 Å². The Morgan fingerprint density at radius 2 is 2.00 bits per heavy atom. The summed E-state index contributed by atoms with van der Waals surface area (Å²) in [6.07, 6.45) is 7.09. The SMILES string of the molecule is CCC1CCCCC1CNSc1cc(C)ccc1PC. The van der Waals surface area contributed by atoms with Gasteiger partial charge in [0.15, 0.2) is 0 Å². The zero-order valence-corrected chi connectivity index (χ0v) is 14.9. The van der Waals surface area contributed by atoms with Crippen LogP contribution in [-0.2, 0) is 0 Å². The van der Waals surface area contributed by atoms with E-state index in [1.54, 1.807) is 0 Å². The van der Waals surface area contributed by atoms with E-state index in [1.807, 2.05) is 11.9 Å². The molecule has 0 saturated heterocycles. The first-order valence-corrected chi connectivity index (χ1v) is 10.2. The molecule has 1 aliphatic rings. The van der Waals surface area contributed by atoms with Crippen molar-refractivity contribution in [1.29, 1.82) is 0 Å². The molecule has 20 heavy (non-hydrogen) atoms. The summed E-state index contributed by atoms with van der Waals surface area (Å²) >= 11 is 1.85. The van der Waals surface area contributed by atoms with Crippen LogP contribution in [0.1, 0.15) is 44.6 Å². The molecule has 3 heteroatoms. The summed E-state index contributed by atoms with van der Waals surface area (Å²) in [6.45, 7) is 7.97. The summed E-state index contributed by atoms with van der Waals surface area (Å²) in [5, 5.41) is 1.49. The average Bonchev–Trinajstić information content (AvgIpc) is 2.48. The minimum absolute atomic E-state index is 0.877. The Labute approximate surface area is 130 Å². The van der Waals surface area contributed by atoms with E-state index >= 15 is 0 Å². The molecule has 3 atom stereocenters. The van der Waals surface area contributed by atoms with E-state index < -0.39 is 0 Å². The van der Waals surface area contributed by atoms with Crippen molar-refractivity contribution in [2.75, 3.05) is 13.2 Å². The predicted octanol–water partition coefficient (Wildman–Crippen LogP) is 4.74. The molecule has 1 aromatic carbocycles. The van der Waals surface area contributed by atoms with Gasteiger partial charge in [-0.15, -0.1) is 0 Å². The number of rotatable bonds is 6. The molecule has 112 valence electrons. The topological polar surface area (TPSA) is 12.0 Å². The molecule has 0 heterocycles. The van der Waals surface area contributed by atoms with Crippen molar-refractivity contribution >= 4 is 25.8 Å². The summed E-state index contributed by atoms with van der Waals surface area (Å²) in [5.74, 6) is 1.83. The summed E-state index contributed by atoms with van der Waals surface area (Å²) in [7, 11) is 0.877. The van der Waals surface area contributed by atoms with Gasteiger partial charge in [0.2, 0.25) is 0 Å². The third-order valence-corrected chi connectivity index (χ3v) is 6.55. The van der Waals surface area contributed by atoms with Gasteiger partial charge in [0.05, 0.1) is 0 Å². The Bertz CT molecular complexity index is 421. The molecule has 3 unspecified atom stereocenters. The average molecular weight is 309 g/mol. The van der Waals surface area contributed by atoms with Crippen LogP contribution >= 0.6 is 20.5 Å². The highest BCUT2D eigenvalue weighted by Crippen LogP contribution is 2.32. The molecule has 1 aromatic rings. The van der Waals surface area contributed by atoms with E-state index in [4.69, 9.17) is 0 Å². The highest BCUT2D eigenvalue weighted by Gasteiger charge is 2.23. The molecule has 1 aliphatic carbocycles. The normalized spacial score (nSPS) is 23.6. The van der Waals surface area contributed by atoms with Crippen LogP contribution in [0, 0.1) is 18.8 Å². The summed E-state index contributed by atoms with van der Waals surface area (Å²) in [4.78, 5) is 1.43. The van der Waals surface area contributed by atoms with Crippen LogP contribution in [0.2, 0.25) is 0 Å². The molecule has 1 saturated carbocycles. The lowest BCUT2D eigenvalue weighted by molar-refractivity contribution is 0.233. The first-order valence-electron chi connectivity index (χ1n) is 7.92. The third-order valence-electron chi connectivity index (χ3n) is 4.52. The van der Waals surface area contributed by atoms with E-state index in [0.29, 0.717) is 0 Å². The predicted molar refractivity (Wildman–Crippen MR) is 94.7 cm³/mol. The fraction of sp³-hybridized carbons (Fsp3) is 0.647. The maximum Gasteiger partial charge on any atom is 0.0304 e. The second kappa shape index (κ2) is 8.41. The number of hydrogen-bond acceptors (Lipinski definition) is 2. The van der Waals surface area contributed by atoms with Crippen LogP contribution in [0.3, 0.4) is 0 Å². The fourth-order valence-electron chi connectivity index (χ4n) is 3.24. The third kappa shape index (κ3) is 4.48. The smallest absolute Gasteiger partial charge is 0.0304 e.